The summed E-state index contributed by atoms with van der Waals surface area (Å²) < 4.78 is 19.6. The van der Waals surface area contributed by atoms with Crippen molar-refractivity contribution in [3.05, 3.63) is 65.5 Å². The minimum Gasteiger partial charge on any atom is -0.486 e. The molecule has 0 saturated carbocycles. The summed E-state index contributed by atoms with van der Waals surface area (Å²) in [5, 5.41) is 3.18. The molecular formula is C17H17FN2O. The van der Waals surface area contributed by atoms with Gasteiger partial charge >= 0.3 is 0 Å². The lowest BCUT2D eigenvalue weighted by Gasteiger charge is -2.15. The van der Waals surface area contributed by atoms with E-state index in [2.05, 4.69) is 10.3 Å². The first kappa shape index (κ1) is 13.6. The largest absolute Gasteiger partial charge is 0.486 e. The average Bonchev–Trinajstić information content (AvgIpc) is 2.55. The van der Waals surface area contributed by atoms with Gasteiger partial charge in [0.2, 0.25) is 0 Å². The third-order valence-corrected chi connectivity index (χ3v) is 3.34. The van der Waals surface area contributed by atoms with Crippen LogP contribution in [0.15, 0.2) is 53.5 Å². The van der Waals surface area contributed by atoms with Crippen LogP contribution in [-0.4, -0.2) is 18.9 Å². The summed E-state index contributed by atoms with van der Waals surface area (Å²) >= 11 is 0. The van der Waals surface area contributed by atoms with Gasteiger partial charge in [-0.2, -0.15) is 0 Å². The molecule has 0 aliphatic carbocycles. The van der Waals surface area contributed by atoms with E-state index in [0.29, 0.717) is 6.61 Å². The Hall–Kier alpha value is -2.36. The third kappa shape index (κ3) is 3.40. The standard InChI is InChI=1S/C17H17FN2O/c18-15-11-14(17-19-9-4-10-20-17)7-8-16(15)21-12-13-5-2-1-3-6-13/h1-3,5-8,11H,4,9-10,12H2,(H,19,20). The summed E-state index contributed by atoms with van der Waals surface area (Å²) in [6.07, 6.45) is 1.02. The molecule has 0 atom stereocenters. The molecule has 1 aliphatic rings. The summed E-state index contributed by atoms with van der Waals surface area (Å²) in [5.41, 5.74) is 1.78. The molecule has 21 heavy (non-hydrogen) atoms. The molecule has 2 aromatic carbocycles. The van der Waals surface area contributed by atoms with E-state index in [1.807, 2.05) is 36.4 Å². The molecule has 0 bridgehead atoms. The first-order valence-corrected chi connectivity index (χ1v) is 7.08. The van der Waals surface area contributed by atoms with Crippen LogP contribution >= 0.6 is 0 Å². The number of aliphatic imine (C=N–C) groups is 1. The van der Waals surface area contributed by atoms with Gasteiger partial charge in [0.1, 0.15) is 12.4 Å². The number of nitrogens with one attached hydrogen (secondary N) is 1. The van der Waals surface area contributed by atoms with Crippen molar-refractivity contribution in [1.29, 1.82) is 0 Å². The molecule has 0 radical (unpaired) electrons. The summed E-state index contributed by atoms with van der Waals surface area (Å²) in [4.78, 5) is 4.36. The van der Waals surface area contributed by atoms with Crippen LogP contribution in [0.3, 0.4) is 0 Å². The second-order valence-corrected chi connectivity index (χ2v) is 4.93. The molecule has 2 aromatic rings. The molecular weight excluding hydrogens is 267 g/mol. The van der Waals surface area contributed by atoms with Crippen molar-refractivity contribution in [2.45, 2.75) is 13.0 Å². The molecule has 0 fully saturated rings. The lowest BCUT2D eigenvalue weighted by Crippen LogP contribution is -2.30. The number of amidine groups is 1. The lowest BCUT2D eigenvalue weighted by atomic mass is 10.1. The summed E-state index contributed by atoms with van der Waals surface area (Å²) in [6, 6.07) is 14.7. The molecule has 3 rings (SSSR count). The van der Waals surface area contributed by atoms with E-state index in [1.165, 1.54) is 6.07 Å². The van der Waals surface area contributed by atoms with Gasteiger partial charge in [-0.05, 0) is 30.2 Å². The van der Waals surface area contributed by atoms with Gasteiger partial charge in [-0.1, -0.05) is 30.3 Å². The molecule has 0 saturated heterocycles. The van der Waals surface area contributed by atoms with Crippen molar-refractivity contribution in [3.8, 4) is 5.75 Å². The van der Waals surface area contributed by atoms with E-state index in [1.54, 1.807) is 6.07 Å². The maximum Gasteiger partial charge on any atom is 0.165 e. The third-order valence-electron chi connectivity index (χ3n) is 3.34. The maximum absolute atomic E-state index is 14.1. The fourth-order valence-corrected chi connectivity index (χ4v) is 2.23. The smallest absolute Gasteiger partial charge is 0.165 e. The minimum atomic E-state index is -0.362. The predicted octanol–water partition coefficient (Wildman–Crippen LogP) is 3.14. The Labute approximate surface area is 123 Å². The number of hydrogen-bond acceptors (Lipinski definition) is 3. The topological polar surface area (TPSA) is 33.6 Å². The van der Waals surface area contributed by atoms with Crippen LogP contribution in [0.4, 0.5) is 4.39 Å². The van der Waals surface area contributed by atoms with E-state index in [-0.39, 0.29) is 11.6 Å². The van der Waals surface area contributed by atoms with Gasteiger partial charge in [0.25, 0.3) is 0 Å². The molecule has 0 spiro atoms. The van der Waals surface area contributed by atoms with Gasteiger partial charge < -0.3 is 10.1 Å². The Morgan fingerprint density at radius 2 is 2.00 bits per heavy atom. The maximum atomic E-state index is 14.1. The molecule has 4 heteroatoms. The number of halogens is 1. The highest BCUT2D eigenvalue weighted by Gasteiger charge is 2.11. The highest BCUT2D eigenvalue weighted by Crippen LogP contribution is 2.20. The van der Waals surface area contributed by atoms with Crippen molar-refractivity contribution in [1.82, 2.24) is 5.32 Å². The Morgan fingerprint density at radius 1 is 1.14 bits per heavy atom. The fourth-order valence-electron chi connectivity index (χ4n) is 2.23. The van der Waals surface area contributed by atoms with Crippen LogP contribution in [0.5, 0.6) is 5.75 Å². The second kappa shape index (κ2) is 6.39. The van der Waals surface area contributed by atoms with Gasteiger partial charge in [0, 0.05) is 18.7 Å². The normalized spacial score (nSPS) is 14.2. The van der Waals surface area contributed by atoms with Crippen LogP contribution in [0.25, 0.3) is 0 Å². The van der Waals surface area contributed by atoms with E-state index >= 15 is 0 Å². The molecule has 3 nitrogen and oxygen atoms in total. The molecule has 1 aliphatic heterocycles. The number of hydrogen-bond donors (Lipinski definition) is 1. The van der Waals surface area contributed by atoms with Gasteiger partial charge in [-0.15, -0.1) is 0 Å². The zero-order valence-electron chi connectivity index (χ0n) is 11.7. The zero-order chi connectivity index (χ0) is 14.5. The molecule has 0 amide bonds. The number of benzene rings is 2. The molecule has 0 unspecified atom stereocenters. The predicted molar refractivity (Wildman–Crippen MR) is 81.2 cm³/mol. The Bertz CT molecular complexity index is 640. The van der Waals surface area contributed by atoms with Crippen molar-refractivity contribution in [2.75, 3.05) is 13.1 Å². The molecule has 1 N–H and O–H groups in total. The first-order chi connectivity index (χ1) is 10.3. The summed E-state index contributed by atoms with van der Waals surface area (Å²) in [5.74, 6) is 0.660. The number of ether oxygens (including phenoxy) is 1. The summed E-state index contributed by atoms with van der Waals surface area (Å²) in [6.45, 7) is 2.03. The van der Waals surface area contributed by atoms with Gasteiger partial charge in [-0.3, -0.25) is 4.99 Å². The van der Waals surface area contributed by atoms with Gasteiger partial charge in [0.05, 0.1) is 0 Å². The Morgan fingerprint density at radius 3 is 2.71 bits per heavy atom. The zero-order valence-corrected chi connectivity index (χ0v) is 11.7. The van der Waals surface area contributed by atoms with Crippen LogP contribution in [0.1, 0.15) is 17.5 Å². The average molecular weight is 284 g/mol. The monoisotopic (exact) mass is 284 g/mol. The number of nitrogens with zero attached hydrogens (tertiary/aromatic N) is 1. The molecule has 108 valence electrons. The van der Waals surface area contributed by atoms with Crippen LogP contribution in [0.2, 0.25) is 0 Å². The van der Waals surface area contributed by atoms with Crippen molar-refractivity contribution < 1.29 is 9.13 Å². The fraction of sp³-hybridized carbons (Fsp3) is 0.235. The van der Waals surface area contributed by atoms with Gasteiger partial charge in [-0.25, -0.2) is 4.39 Å². The van der Waals surface area contributed by atoms with Crippen LogP contribution < -0.4 is 10.1 Å². The van der Waals surface area contributed by atoms with Crippen LogP contribution in [0, 0.1) is 5.82 Å². The second-order valence-electron chi connectivity index (χ2n) is 4.93. The first-order valence-electron chi connectivity index (χ1n) is 7.08. The van der Waals surface area contributed by atoms with E-state index < -0.39 is 0 Å². The number of rotatable bonds is 4. The summed E-state index contributed by atoms with van der Waals surface area (Å²) in [7, 11) is 0. The highest BCUT2D eigenvalue weighted by molar-refractivity contribution is 5.99. The van der Waals surface area contributed by atoms with E-state index in [0.717, 1.165) is 36.5 Å². The quantitative estimate of drug-likeness (QED) is 0.935. The highest BCUT2D eigenvalue weighted by atomic mass is 19.1. The van der Waals surface area contributed by atoms with Crippen LogP contribution in [-0.2, 0) is 6.61 Å². The van der Waals surface area contributed by atoms with Gasteiger partial charge in [0.15, 0.2) is 11.6 Å². The van der Waals surface area contributed by atoms with E-state index in [4.69, 9.17) is 4.74 Å². The Balaban J connectivity index is 1.71. The lowest BCUT2D eigenvalue weighted by molar-refractivity contribution is 0.290. The molecule has 1 heterocycles. The van der Waals surface area contributed by atoms with E-state index in [9.17, 15) is 4.39 Å². The van der Waals surface area contributed by atoms with Crippen molar-refractivity contribution >= 4 is 5.84 Å². The molecule has 0 aromatic heterocycles. The van der Waals surface area contributed by atoms with Crippen molar-refractivity contribution in [3.63, 3.8) is 0 Å². The SMILES string of the molecule is Fc1cc(C2=NCCCN2)ccc1OCc1ccccc1. The minimum absolute atomic E-state index is 0.263. The van der Waals surface area contributed by atoms with Crippen molar-refractivity contribution in [2.24, 2.45) is 4.99 Å². The Kier molecular flexibility index (Phi) is 4.15.